The first-order valence-corrected chi connectivity index (χ1v) is 18.0. The van der Waals surface area contributed by atoms with Crippen molar-refractivity contribution in [1.82, 2.24) is 39.3 Å². The van der Waals surface area contributed by atoms with Crippen molar-refractivity contribution in [3.8, 4) is 11.3 Å². The molecule has 2 aromatic heterocycles. The number of likely N-dealkylation sites (tertiary alicyclic amines) is 1. The lowest BCUT2D eigenvalue weighted by atomic mass is 9.86. The van der Waals surface area contributed by atoms with Crippen LogP contribution in [0.1, 0.15) is 65.7 Å². The molecule has 7 rings (SSSR count). The van der Waals surface area contributed by atoms with Crippen LogP contribution in [0.15, 0.2) is 48.8 Å². The van der Waals surface area contributed by atoms with E-state index >= 15 is 0 Å². The van der Waals surface area contributed by atoms with Crippen LogP contribution < -0.4 is 20.7 Å². The number of carbonyl (C=O) groups excluding carboxylic acids is 4. The van der Waals surface area contributed by atoms with E-state index in [-0.39, 0.29) is 55.2 Å². The fraction of sp³-hybridized carbons (Fsp3) is 0.485. The first kappa shape index (κ1) is 32.4. The van der Waals surface area contributed by atoms with Crippen LogP contribution in [0, 0.1) is 5.41 Å². The van der Waals surface area contributed by atoms with E-state index in [2.05, 4.69) is 30.6 Å². The molecule has 14 nitrogen and oxygen atoms in total. The number of hydrogen-bond donors (Lipinski definition) is 4. The molecule has 4 amide bonds. The molecule has 1 aromatic carbocycles. The lowest BCUT2D eigenvalue weighted by Crippen LogP contribution is -2.50. The lowest BCUT2D eigenvalue weighted by Gasteiger charge is -2.33. The fourth-order valence-corrected chi connectivity index (χ4v) is 8.51. The molecule has 3 saturated heterocycles. The maximum absolute atomic E-state index is 13.1. The predicted molar refractivity (Wildman–Crippen MR) is 176 cm³/mol. The Morgan fingerprint density at radius 3 is 2.50 bits per heavy atom. The number of aromatic nitrogens is 2. The van der Waals surface area contributed by atoms with Crippen molar-refractivity contribution in [2.75, 3.05) is 39.3 Å². The zero-order valence-corrected chi connectivity index (χ0v) is 27.4. The van der Waals surface area contributed by atoms with Crippen LogP contribution in [-0.2, 0) is 19.8 Å². The van der Waals surface area contributed by atoms with Crippen LogP contribution in [0.2, 0.25) is 0 Å². The third kappa shape index (κ3) is 6.72. The van der Waals surface area contributed by atoms with E-state index in [1.165, 1.54) is 4.31 Å². The summed E-state index contributed by atoms with van der Waals surface area (Å²) in [5, 5.41) is 8.35. The number of nitrogens with zero attached hydrogens (tertiary/aromatic N) is 4. The minimum Gasteiger partial charge on any atom is -0.351 e. The molecule has 4 fully saturated rings. The summed E-state index contributed by atoms with van der Waals surface area (Å²) in [6.07, 6.45) is 8.44. The zero-order chi connectivity index (χ0) is 33.5. The van der Waals surface area contributed by atoms with Crippen molar-refractivity contribution in [3.05, 3.63) is 59.9 Å². The molecule has 15 heteroatoms. The number of fused-ring (bicyclic) bond motifs is 1. The van der Waals surface area contributed by atoms with E-state index in [1.807, 2.05) is 28.8 Å². The average Bonchev–Trinajstić information content (AvgIpc) is 3.76. The van der Waals surface area contributed by atoms with Gasteiger partial charge in [-0.25, -0.2) is 4.98 Å². The summed E-state index contributed by atoms with van der Waals surface area (Å²) in [7, 11) is -3.79. The van der Waals surface area contributed by atoms with Crippen molar-refractivity contribution < 1.29 is 27.6 Å². The van der Waals surface area contributed by atoms with Crippen molar-refractivity contribution in [3.63, 3.8) is 0 Å². The van der Waals surface area contributed by atoms with Gasteiger partial charge in [-0.05, 0) is 75.9 Å². The fourth-order valence-electron chi connectivity index (χ4n) is 6.96. The highest BCUT2D eigenvalue weighted by atomic mass is 32.2. The first-order chi connectivity index (χ1) is 23.1. The quantitative estimate of drug-likeness (QED) is 0.231. The molecule has 1 spiro atoms. The summed E-state index contributed by atoms with van der Waals surface area (Å²) in [5.41, 5.74) is 2.34. The molecule has 48 heavy (non-hydrogen) atoms. The Morgan fingerprint density at radius 2 is 1.77 bits per heavy atom. The Balaban J connectivity index is 0.872. The second kappa shape index (κ2) is 13.0. The molecule has 4 aliphatic rings. The maximum Gasteiger partial charge on any atom is 0.279 e. The van der Waals surface area contributed by atoms with Gasteiger partial charge in [0.05, 0.1) is 16.7 Å². The molecule has 3 aliphatic heterocycles. The molecule has 1 atom stereocenters. The molecular weight excluding hydrogens is 636 g/mol. The monoisotopic (exact) mass is 676 g/mol. The van der Waals surface area contributed by atoms with Crippen molar-refractivity contribution in [1.29, 1.82) is 0 Å². The summed E-state index contributed by atoms with van der Waals surface area (Å²) >= 11 is 0. The highest BCUT2D eigenvalue weighted by molar-refractivity contribution is 7.87. The summed E-state index contributed by atoms with van der Waals surface area (Å²) in [4.78, 5) is 56.5. The Hall–Kier alpha value is -4.18. The van der Waals surface area contributed by atoms with E-state index in [0.717, 1.165) is 24.8 Å². The van der Waals surface area contributed by atoms with Gasteiger partial charge in [-0.1, -0.05) is 12.1 Å². The molecular formula is C33H40N8O6S. The van der Waals surface area contributed by atoms with Crippen LogP contribution in [0.25, 0.3) is 16.9 Å². The van der Waals surface area contributed by atoms with Gasteiger partial charge in [0.1, 0.15) is 5.65 Å². The van der Waals surface area contributed by atoms with Gasteiger partial charge >= 0.3 is 0 Å². The van der Waals surface area contributed by atoms with Crippen LogP contribution in [0.4, 0.5) is 0 Å². The number of amides is 4. The molecule has 0 bridgehead atoms. The topological polar surface area (TPSA) is 174 Å². The second-order valence-corrected chi connectivity index (χ2v) is 15.1. The van der Waals surface area contributed by atoms with E-state index in [4.69, 9.17) is 0 Å². The normalized spacial score (nSPS) is 22.7. The Bertz CT molecular complexity index is 1870. The minimum absolute atomic E-state index is 0.0155. The smallest absolute Gasteiger partial charge is 0.279 e. The number of pyridine rings is 1. The van der Waals surface area contributed by atoms with Crippen LogP contribution in [0.3, 0.4) is 0 Å². The molecule has 4 N–H and O–H groups in total. The summed E-state index contributed by atoms with van der Waals surface area (Å²) < 4.78 is 32.0. The third-order valence-electron chi connectivity index (χ3n) is 10.1. The van der Waals surface area contributed by atoms with Crippen molar-refractivity contribution >= 4 is 39.5 Å². The largest absolute Gasteiger partial charge is 0.351 e. The van der Waals surface area contributed by atoms with Crippen LogP contribution in [0.5, 0.6) is 0 Å². The van der Waals surface area contributed by atoms with Gasteiger partial charge < -0.3 is 19.9 Å². The van der Waals surface area contributed by atoms with Crippen molar-refractivity contribution in [2.24, 2.45) is 5.41 Å². The second-order valence-electron chi connectivity index (χ2n) is 13.4. The average molecular weight is 677 g/mol. The number of piperidine rings is 1. The number of imide groups is 1. The number of rotatable bonds is 10. The summed E-state index contributed by atoms with van der Waals surface area (Å²) in [5.74, 6) is -1.02. The van der Waals surface area contributed by atoms with E-state index in [1.54, 1.807) is 24.4 Å². The van der Waals surface area contributed by atoms with Gasteiger partial charge in [-0.15, -0.1) is 0 Å². The highest BCUT2D eigenvalue weighted by Gasteiger charge is 2.53. The highest BCUT2D eigenvalue weighted by Crippen LogP contribution is 2.38. The van der Waals surface area contributed by atoms with Gasteiger partial charge in [0.25, 0.3) is 22.0 Å². The number of nitrogens with one attached hydrogen (secondary N) is 4. The van der Waals surface area contributed by atoms with Crippen LogP contribution in [-0.4, -0.2) is 102 Å². The van der Waals surface area contributed by atoms with E-state index in [9.17, 15) is 27.6 Å². The number of hydrogen-bond acceptors (Lipinski definition) is 8. The Labute approximate surface area is 278 Å². The Morgan fingerprint density at radius 1 is 0.958 bits per heavy atom. The van der Waals surface area contributed by atoms with Gasteiger partial charge in [-0.2, -0.15) is 17.4 Å². The third-order valence-corrected chi connectivity index (χ3v) is 11.7. The van der Waals surface area contributed by atoms with E-state index < -0.39 is 15.6 Å². The number of benzene rings is 1. The standard InChI is InChI=1S/C33H40N8O6S/c42-29-18-33(32(45)37-29)11-15-41(21-33)48(46,47)38-26-9-13-39(14-10-26)16-12-34-30(43)23-4-1-3-22(17-23)27-20-40-19-24(7-8-28(40)36-27)31(44)35-25-5-2-6-25/h1,3-4,7-8,17,19-20,25-26,38H,2,5-6,9-16,18,21H2,(H,34,43)(H,35,44)(H,37,42,45)/t33-/m0/s1. The Kier molecular flexibility index (Phi) is 8.79. The minimum atomic E-state index is -3.79. The molecule has 5 heterocycles. The van der Waals surface area contributed by atoms with Crippen molar-refractivity contribution in [2.45, 2.75) is 57.0 Å². The molecule has 3 aromatic rings. The van der Waals surface area contributed by atoms with Crippen LogP contribution >= 0.6 is 0 Å². The first-order valence-electron chi connectivity index (χ1n) is 16.6. The van der Waals surface area contributed by atoms with Gasteiger partial charge in [0.15, 0.2) is 0 Å². The number of carbonyl (C=O) groups is 4. The molecule has 254 valence electrons. The molecule has 0 radical (unpaired) electrons. The predicted octanol–water partition coefficient (Wildman–Crippen LogP) is 1.05. The number of imidazole rings is 1. The van der Waals surface area contributed by atoms with Gasteiger partial charge in [0, 0.05) is 68.2 Å². The SMILES string of the molecule is O=C1C[C@]2(CCN(S(=O)(=O)NC3CCN(CCNC(=O)c4cccc(-c5cn6cc(C(=O)NC7CCC7)ccc6n5)c4)CC3)C2)C(=O)N1. The van der Waals surface area contributed by atoms with E-state index in [0.29, 0.717) is 67.9 Å². The van der Waals surface area contributed by atoms with Gasteiger partial charge in [0.2, 0.25) is 11.8 Å². The maximum atomic E-state index is 13.1. The molecule has 1 aliphatic carbocycles. The lowest BCUT2D eigenvalue weighted by molar-refractivity contribution is -0.128. The summed E-state index contributed by atoms with van der Waals surface area (Å²) in [6.45, 7) is 2.65. The molecule has 0 unspecified atom stereocenters. The molecule has 1 saturated carbocycles. The zero-order valence-electron chi connectivity index (χ0n) is 26.6. The van der Waals surface area contributed by atoms with Gasteiger partial charge in [-0.3, -0.25) is 24.5 Å². The summed E-state index contributed by atoms with van der Waals surface area (Å²) in [6, 6.07) is 10.9.